The highest BCUT2D eigenvalue weighted by molar-refractivity contribution is 5.95. The molecule has 0 N–H and O–H groups in total. The molecule has 1 fully saturated rings. The highest BCUT2D eigenvalue weighted by atomic mass is 16.2. The van der Waals surface area contributed by atoms with Crippen molar-refractivity contribution in [3.8, 4) is 5.69 Å². The largest absolute Gasteiger partial charge is 0.336 e. The van der Waals surface area contributed by atoms with Crippen LogP contribution in [0.2, 0.25) is 0 Å². The maximum absolute atomic E-state index is 13.1. The first-order valence-corrected chi connectivity index (χ1v) is 9.53. The summed E-state index contributed by atoms with van der Waals surface area (Å²) in [4.78, 5) is 19.7. The average Bonchev–Trinajstić information content (AvgIpc) is 3.46. The number of carbonyl (C=O) groups is 1. The summed E-state index contributed by atoms with van der Waals surface area (Å²) in [6, 6.07) is 18.0. The Kier molecular flexibility index (Phi) is 3.97. The number of benzene rings is 2. The van der Waals surface area contributed by atoms with E-state index < -0.39 is 0 Å². The van der Waals surface area contributed by atoms with Crippen molar-refractivity contribution in [1.29, 1.82) is 0 Å². The second-order valence-corrected chi connectivity index (χ2v) is 7.21. The van der Waals surface area contributed by atoms with E-state index in [1.807, 2.05) is 66.6 Å². The van der Waals surface area contributed by atoms with Gasteiger partial charge in [0.05, 0.1) is 22.8 Å². The molecule has 5 rings (SSSR count). The number of hydrogen-bond acceptors (Lipinski definition) is 3. The minimum absolute atomic E-state index is 0.0681. The molecule has 3 heterocycles. The molecule has 0 saturated carbocycles. The third kappa shape index (κ3) is 2.78. The Balaban J connectivity index is 1.39. The van der Waals surface area contributed by atoms with Crippen molar-refractivity contribution in [2.75, 3.05) is 13.1 Å². The summed E-state index contributed by atoms with van der Waals surface area (Å²) in [5.41, 5.74) is 3.74. The SMILES string of the molecule is Cc1nc2ccccc2n1[C@H]1CCN(C(=O)c2cccc(-n3cccn3)c2)C1. The van der Waals surface area contributed by atoms with Gasteiger partial charge in [0.15, 0.2) is 0 Å². The minimum Gasteiger partial charge on any atom is -0.336 e. The summed E-state index contributed by atoms with van der Waals surface area (Å²) in [6.45, 7) is 3.49. The second-order valence-electron chi connectivity index (χ2n) is 7.21. The molecule has 0 unspecified atom stereocenters. The van der Waals surface area contributed by atoms with Gasteiger partial charge in [0.1, 0.15) is 5.82 Å². The van der Waals surface area contributed by atoms with E-state index in [2.05, 4.69) is 20.7 Å². The predicted molar refractivity (Wildman–Crippen MR) is 108 cm³/mol. The van der Waals surface area contributed by atoms with E-state index in [0.29, 0.717) is 12.1 Å². The van der Waals surface area contributed by atoms with Gasteiger partial charge in [-0.25, -0.2) is 9.67 Å². The molecule has 140 valence electrons. The van der Waals surface area contributed by atoms with E-state index in [-0.39, 0.29) is 11.9 Å². The lowest BCUT2D eigenvalue weighted by Crippen LogP contribution is -2.29. The monoisotopic (exact) mass is 371 g/mol. The van der Waals surface area contributed by atoms with Gasteiger partial charge in [0.25, 0.3) is 5.91 Å². The predicted octanol–water partition coefficient (Wildman–Crippen LogP) is 3.62. The average molecular weight is 371 g/mol. The smallest absolute Gasteiger partial charge is 0.254 e. The zero-order chi connectivity index (χ0) is 19.1. The van der Waals surface area contributed by atoms with Gasteiger partial charge in [-0.3, -0.25) is 4.79 Å². The van der Waals surface area contributed by atoms with Crippen LogP contribution in [0.4, 0.5) is 0 Å². The number of aryl methyl sites for hydroxylation is 1. The van der Waals surface area contributed by atoms with E-state index in [1.165, 1.54) is 0 Å². The molecule has 2 aromatic heterocycles. The van der Waals surface area contributed by atoms with Crippen molar-refractivity contribution >= 4 is 16.9 Å². The van der Waals surface area contributed by atoms with Gasteiger partial charge in [0.2, 0.25) is 0 Å². The van der Waals surface area contributed by atoms with Gasteiger partial charge in [-0.15, -0.1) is 0 Å². The quantitative estimate of drug-likeness (QED) is 0.553. The Hall–Kier alpha value is -3.41. The fraction of sp³-hybridized carbons (Fsp3) is 0.227. The van der Waals surface area contributed by atoms with Crippen molar-refractivity contribution in [2.24, 2.45) is 0 Å². The number of likely N-dealkylation sites (tertiary alicyclic amines) is 1. The molecule has 2 aromatic carbocycles. The number of fused-ring (bicyclic) bond motifs is 1. The summed E-state index contributed by atoms with van der Waals surface area (Å²) < 4.78 is 4.05. The number of imidazole rings is 1. The number of para-hydroxylation sites is 2. The Morgan fingerprint density at radius 3 is 2.86 bits per heavy atom. The summed E-state index contributed by atoms with van der Waals surface area (Å²) in [7, 11) is 0. The molecule has 0 bridgehead atoms. The first-order chi connectivity index (χ1) is 13.7. The number of amides is 1. The molecule has 4 aromatic rings. The number of aromatic nitrogens is 4. The summed E-state index contributed by atoms with van der Waals surface area (Å²) in [5.74, 6) is 1.07. The van der Waals surface area contributed by atoms with Gasteiger partial charge in [-0.1, -0.05) is 18.2 Å². The second kappa shape index (κ2) is 6.64. The van der Waals surface area contributed by atoms with Crippen LogP contribution in [0.1, 0.15) is 28.6 Å². The molecule has 1 saturated heterocycles. The van der Waals surface area contributed by atoms with Gasteiger partial charge < -0.3 is 9.47 Å². The summed E-state index contributed by atoms with van der Waals surface area (Å²) in [6.07, 6.45) is 4.55. The lowest BCUT2D eigenvalue weighted by Gasteiger charge is -2.19. The van der Waals surface area contributed by atoms with Gasteiger partial charge in [-0.2, -0.15) is 5.10 Å². The first kappa shape index (κ1) is 16.7. The molecular formula is C22H21N5O. The van der Waals surface area contributed by atoms with Crippen LogP contribution < -0.4 is 0 Å². The highest BCUT2D eigenvalue weighted by Gasteiger charge is 2.30. The van der Waals surface area contributed by atoms with Crippen molar-refractivity contribution in [2.45, 2.75) is 19.4 Å². The van der Waals surface area contributed by atoms with Crippen molar-refractivity contribution in [1.82, 2.24) is 24.2 Å². The zero-order valence-corrected chi connectivity index (χ0v) is 15.7. The van der Waals surface area contributed by atoms with Crippen molar-refractivity contribution in [3.05, 3.63) is 78.4 Å². The molecule has 6 heteroatoms. The lowest BCUT2D eigenvalue weighted by molar-refractivity contribution is 0.0787. The molecule has 28 heavy (non-hydrogen) atoms. The maximum atomic E-state index is 13.1. The van der Waals surface area contributed by atoms with E-state index >= 15 is 0 Å². The fourth-order valence-corrected chi connectivity index (χ4v) is 4.15. The molecule has 6 nitrogen and oxygen atoms in total. The molecule has 1 aliphatic heterocycles. The van der Waals surface area contributed by atoms with Crippen LogP contribution in [-0.4, -0.2) is 43.2 Å². The maximum Gasteiger partial charge on any atom is 0.254 e. The van der Waals surface area contributed by atoms with Gasteiger partial charge in [-0.05, 0) is 49.7 Å². The van der Waals surface area contributed by atoms with Gasteiger partial charge in [0, 0.05) is 31.0 Å². The molecule has 1 amide bonds. The van der Waals surface area contributed by atoms with Gasteiger partial charge >= 0.3 is 0 Å². The molecular weight excluding hydrogens is 350 g/mol. The Morgan fingerprint density at radius 1 is 1.11 bits per heavy atom. The number of rotatable bonds is 3. The Bertz CT molecular complexity index is 1140. The van der Waals surface area contributed by atoms with Crippen molar-refractivity contribution in [3.63, 3.8) is 0 Å². The van der Waals surface area contributed by atoms with E-state index in [9.17, 15) is 4.79 Å². The third-order valence-corrected chi connectivity index (χ3v) is 5.45. The molecule has 1 atom stereocenters. The van der Waals surface area contributed by atoms with Crippen molar-refractivity contribution < 1.29 is 4.79 Å². The topological polar surface area (TPSA) is 56.0 Å². The summed E-state index contributed by atoms with van der Waals surface area (Å²) in [5, 5.41) is 4.25. The first-order valence-electron chi connectivity index (χ1n) is 9.53. The molecule has 0 spiro atoms. The molecule has 1 aliphatic rings. The third-order valence-electron chi connectivity index (χ3n) is 5.45. The van der Waals surface area contributed by atoms with Crippen LogP contribution in [-0.2, 0) is 0 Å². The van der Waals surface area contributed by atoms with Crippen LogP contribution in [0.5, 0.6) is 0 Å². The van der Waals surface area contributed by atoms with E-state index in [4.69, 9.17) is 0 Å². The zero-order valence-electron chi connectivity index (χ0n) is 15.7. The van der Waals surface area contributed by atoms with E-state index in [0.717, 1.165) is 35.5 Å². The lowest BCUT2D eigenvalue weighted by atomic mass is 10.2. The van der Waals surface area contributed by atoms with Crippen LogP contribution in [0.25, 0.3) is 16.7 Å². The van der Waals surface area contributed by atoms with Crippen LogP contribution >= 0.6 is 0 Å². The molecule has 0 radical (unpaired) electrons. The molecule has 0 aliphatic carbocycles. The van der Waals surface area contributed by atoms with Crippen LogP contribution in [0, 0.1) is 6.92 Å². The number of hydrogen-bond donors (Lipinski definition) is 0. The Labute approximate surface area is 163 Å². The minimum atomic E-state index is 0.0681. The van der Waals surface area contributed by atoms with E-state index in [1.54, 1.807) is 10.9 Å². The Morgan fingerprint density at radius 2 is 2.00 bits per heavy atom. The van der Waals surface area contributed by atoms with Crippen LogP contribution in [0.15, 0.2) is 67.0 Å². The highest BCUT2D eigenvalue weighted by Crippen LogP contribution is 2.29. The standard InChI is InChI=1S/C22H21N5O/c1-16-24-20-8-2-3-9-21(20)27(16)19-10-13-25(15-19)22(28)17-6-4-7-18(14-17)26-12-5-11-23-26/h2-9,11-12,14,19H,10,13,15H2,1H3/t19-/m0/s1. The normalized spacial score (nSPS) is 16.8. The number of carbonyl (C=O) groups excluding carboxylic acids is 1. The number of nitrogens with zero attached hydrogens (tertiary/aromatic N) is 5. The fourth-order valence-electron chi connectivity index (χ4n) is 4.15. The van der Waals surface area contributed by atoms with Crippen LogP contribution in [0.3, 0.4) is 0 Å². The summed E-state index contributed by atoms with van der Waals surface area (Å²) >= 11 is 0.